The van der Waals surface area contributed by atoms with Gasteiger partial charge < -0.3 is 6.15 Å². The van der Waals surface area contributed by atoms with Gasteiger partial charge in [0.1, 0.15) is 0 Å². The third kappa shape index (κ3) is 5.59. The molecule has 13 heteroatoms. The van der Waals surface area contributed by atoms with Crippen molar-refractivity contribution in [2.45, 2.75) is 0 Å². The van der Waals surface area contributed by atoms with Gasteiger partial charge in [0.25, 0.3) is 0 Å². The zero-order chi connectivity index (χ0) is 13.7. The number of H-pyrrole nitrogens is 6. The highest BCUT2D eigenvalue weighted by Gasteiger charge is 1.85. The van der Waals surface area contributed by atoms with E-state index in [4.69, 9.17) is 0 Å². The first kappa shape index (κ1) is 15.8. The van der Waals surface area contributed by atoms with Crippen LogP contribution in [-0.2, 0) is 0 Å². The highest BCUT2D eigenvalue weighted by atomic mass is 16.2. The average Bonchev–Trinajstić information content (AvgIpc) is 2.12. The summed E-state index contributed by atoms with van der Waals surface area (Å²) in [4.78, 5) is 71.8. The van der Waals surface area contributed by atoms with Crippen LogP contribution in [0.15, 0.2) is 28.8 Å². The van der Waals surface area contributed by atoms with Crippen molar-refractivity contribution in [2.75, 3.05) is 0 Å². The molecule has 0 bridgehead atoms. The van der Waals surface area contributed by atoms with E-state index in [1.807, 2.05) is 0 Å². The Morgan fingerprint density at radius 1 is 0.368 bits per heavy atom. The summed E-state index contributed by atoms with van der Waals surface area (Å²) in [5, 5.41) is 0. The van der Waals surface area contributed by atoms with Gasteiger partial charge in [0.15, 0.2) is 0 Å². The molecule has 0 atom stereocenters. The van der Waals surface area contributed by atoms with Gasteiger partial charge in [-0.3, -0.25) is 29.9 Å². The average molecular weight is 275 g/mol. The minimum atomic E-state index is -0.802. The third-order valence-corrected chi connectivity index (χ3v) is 1.36. The van der Waals surface area contributed by atoms with Crippen LogP contribution < -0.4 is 40.3 Å². The molecule has 19 heavy (non-hydrogen) atoms. The van der Waals surface area contributed by atoms with Gasteiger partial charge in [-0.25, -0.2) is 28.8 Å². The predicted molar refractivity (Wildman–Crippen MR) is 61.6 cm³/mol. The van der Waals surface area contributed by atoms with E-state index in [-0.39, 0.29) is 6.15 Å². The van der Waals surface area contributed by atoms with E-state index in [2.05, 4.69) is 0 Å². The second-order valence-electron chi connectivity index (χ2n) is 2.72. The Morgan fingerprint density at radius 2 is 0.474 bits per heavy atom. The second-order valence-corrected chi connectivity index (χ2v) is 2.72. The molecule has 0 aromatic carbocycles. The summed E-state index contributed by atoms with van der Waals surface area (Å²) in [6, 6.07) is 0. The van der Waals surface area contributed by atoms with Gasteiger partial charge in [0.2, 0.25) is 0 Å². The first-order valence-corrected chi connectivity index (χ1v) is 4.22. The number of rotatable bonds is 0. The van der Waals surface area contributed by atoms with E-state index < -0.39 is 34.1 Å². The third-order valence-electron chi connectivity index (χ3n) is 1.36. The van der Waals surface area contributed by atoms with E-state index in [1.54, 1.807) is 29.9 Å². The van der Waals surface area contributed by atoms with E-state index in [1.165, 1.54) is 0 Å². The molecule has 0 unspecified atom stereocenters. The SMILES string of the molecule is N.O=c1[nH]c(=O)[nH]c(=O)[nH]1.O=c1[nH]c(=O)[nH]c(=O)[nH]1. The quantitative estimate of drug-likeness (QED) is 0.249. The fourth-order valence-corrected chi connectivity index (χ4v) is 0.806. The molecule has 2 aromatic rings. The van der Waals surface area contributed by atoms with Crippen molar-refractivity contribution in [3.63, 3.8) is 0 Å². The van der Waals surface area contributed by atoms with E-state index in [0.29, 0.717) is 0 Å². The lowest BCUT2D eigenvalue weighted by Crippen LogP contribution is -2.34. The van der Waals surface area contributed by atoms with Gasteiger partial charge in [-0.1, -0.05) is 0 Å². The van der Waals surface area contributed by atoms with Crippen molar-refractivity contribution in [2.24, 2.45) is 0 Å². The Balaban J connectivity index is 0.000000324. The van der Waals surface area contributed by atoms with E-state index >= 15 is 0 Å². The molecule has 2 heterocycles. The Morgan fingerprint density at radius 3 is 0.579 bits per heavy atom. The molecule has 104 valence electrons. The first-order valence-electron chi connectivity index (χ1n) is 4.22. The summed E-state index contributed by atoms with van der Waals surface area (Å²) in [7, 11) is 0. The molecule has 2 aromatic heterocycles. The summed E-state index contributed by atoms with van der Waals surface area (Å²) in [5.74, 6) is 0. The fourth-order valence-electron chi connectivity index (χ4n) is 0.806. The predicted octanol–water partition coefficient (Wildman–Crippen LogP) is -4.34. The minimum Gasteiger partial charge on any atom is -0.344 e. The van der Waals surface area contributed by atoms with Crippen molar-refractivity contribution in [3.05, 3.63) is 62.9 Å². The molecule has 0 spiro atoms. The molecular weight excluding hydrogens is 266 g/mol. The first-order chi connectivity index (χ1) is 8.36. The van der Waals surface area contributed by atoms with Gasteiger partial charge >= 0.3 is 34.1 Å². The van der Waals surface area contributed by atoms with E-state index in [9.17, 15) is 28.8 Å². The van der Waals surface area contributed by atoms with E-state index in [0.717, 1.165) is 0 Å². The van der Waals surface area contributed by atoms with Crippen LogP contribution in [0.2, 0.25) is 0 Å². The Kier molecular flexibility index (Phi) is 5.40. The van der Waals surface area contributed by atoms with Crippen LogP contribution >= 0.6 is 0 Å². The van der Waals surface area contributed by atoms with Crippen molar-refractivity contribution in [1.29, 1.82) is 0 Å². The molecular formula is C6H9N7O6. The Labute approximate surface area is 99.9 Å². The molecule has 13 nitrogen and oxygen atoms in total. The zero-order valence-corrected chi connectivity index (χ0v) is 9.16. The second kappa shape index (κ2) is 6.50. The summed E-state index contributed by atoms with van der Waals surface area (Å²) in [6.07, 6.45) is 0. The summed E-state index contributed by atoms with van der Waals surface area (Å²) in [5.41, 5.74) is -4.81. The maximum absolute atomic E-state index is 10.2. The van der Waals surface area contributed by atoms with Crippen molar-refractivity contribution < 1.29 is 0 Å². The zero-order valence-electron chi connectivity index (χ0n) is 9.16. The number of hydrogen-bond donors (Lipinski definition) is 7. The largest absolute Gasteiger partial charge is 0.344 e. The van der Waals surface area contributed by atoms with Crippen molar-refractivity contribution in [3.8, 4) is 0 Å². The van der Waals surface area contributed by atoms with Crippen LogP contribution in [0.1, 0.15) is 0 Å². The number of nitrogens with one attached hydrogen (secondary N) is 6. The molecule has 0 aliphatic carbocycles. The molecule has 0 saturated carbocycles. The van der Waals surface area contributed by atoms with Crippen LogP contribution in [0.5, 0.6) is 0 Å². The molecule has 0 radical (unpaired) electrons. The highest BCUT2D eigenvalue weighted by Crippen LogP contribution is 1.30. The Hall–Kier alpha value is -3.22. The molecule has 0 aliphatic heterocycles. The monoisotopic (exact) mass is 275 g/mol. The maximum atomic E-state index is 10.2. The van der Waals surface area contributed by atoms with Crippen LogP contribution in [0.25, 0.3) is 0 Å². The lowest BCUT2D eigenvalue weighted by Gasteiger charge is -1.77. The van der Waals surface area contributed by atoms with Crippen molar-refractivity contribution >= 4 is 0 Å². The number of aromatic nitrogens is 6. The van der Waals surface area contributed by atoms with Gasteiger partial charge in [0, 0.05) is 0 Å². The fraction of sp³-hybridized carbons (Fsp3) is 0. The van der Waals surface area contributed by atoms with Crippen LogP contribution in [0.4, 0.5) is 0 Å². The van der Waals surface area contributed by atoms with Gasteiger partial charge in [-0.2, -0.15) is 0 Å². The Bertz CT molecular complexity index is 629. The molecule has 0 amide bonds. The van der Waals surface area contributed by atoms with Gasteiger partial charge in [-0.15, -0.1) is 0 Å². The van der Waals surface area contributed by atoms with Crippen LogP contribution in [-0.4, -0.2) is 29.9 Å². The lowest BCUT2D eigenvalue weighted by molar-refractivity contribution is 0.887. The number of aromatic amines is 6. The molecule has 0 aliphatic rings. The molecule has 0 saturated heterocycles. The number of hydrogen-bond acceptors (Lipinski definition) is 7. The van der Waals surface area contributed by atoms with Crippen LogP contribution in [0.3, 0.4) is 0 Å². The summed E-state index contributed by atoms with van der Waals surface area (Å²) < 4.78 is 0. The normalized spacial score (nSPS) is 8.84. The molecule has 2 rings (SSSR count). The standard InChI is InChI=1S/2C3H3N3O3.H3N/c2*7-1-4-2(8)6-3(9)5-1;/h2*(H3,4,5,6,7,8,9);1H3. The van der Waals surface area contributed by atoms with Gasteiger partial charge in [0.05, 0.1) is 0 Å². The molecule has 9 N–H and O–H groups in total. The topological polar surface area (TPSA) is 232 Å². The lowest BCUT2D eigenvalue weighted by atomic mass is 11.0. The van der Waals surface area contributed by atoms with Crippen LogP contribution in [0, 0.1) is 0 Å². The smallest absolute Gasteiger partial charge is 0.330 e. The highest BCUT2D eigenvalue weighted by molar-refractivity contribution is 4.61. The molecule has 0 fully saturated rings. The van der Waals surface area contributed by atoms with Crippen molar-refractivity contribution in [1.82, 2.24) is 36.1 Å². The van der Waals surface area contributed by atoms with Gasteiger partial charge in [-0.05, 0) is 0 Å². The maximum Gasteiger partial charge on any atom is 0.330 e. The summed E-state index contributed by atoms with van der Waals surface area (Å²) in [6.45, 7) is 0. The summed E-state index contributed by atoms with van der Waals surface area (Å²) >= 11 is 0. The minimum absolute atomic E-state index is 0.